The second kappa shape index (κ2) is 6.42. The van der Waals surface area contributed by atoms with Crippen molar-refractivity contribution in [3.63, 3.8) is 0 Å². The summed E-state index contributed by atoms with van der Waals surface area (Å²) in [5, 5.41) is 17.4. The van der Waals surface area contributed by atoms with Gasteiger partial charge in [-0.3, -0.25) is 10.1 Å². The molecule has 2 rings (SSSR count). The Labute approximate surface area is 126 Å². The van der Waals surface area contributed by atoms with Gasteiger partial charge in [-0.05, 0) is 30.6 Å². The van der Waals surface area contributed by atoms with Crippen molar-refractivity contribution in [2.24, 2.45) is 5.11 Å². The van der Waals surface area contributed by atoms with Crippen molar-refractivity contribution in [1.29, 1.82) is 0 Å². The molecule has 1 heterocycles. The topological polar surface area (TPSA) is 130 Å². The molecule has 0 saturated carbocycles. The van der Waals surface area contributed by atoms with E-state index >= 15 is 0 Å². The number of non-ortho nitro benzene ring substituents is 1. The van der Waals surface area contributed by atoms with Gasteiger partial charge in [0.15, 0.2) is 0 Å². The molecule has 9 nitrogen and oxygen atoms in total. The number of nitro benzene ring substituents is 1. The number of carbonyl (C=O) groups excluding carboxylic acids is 1. The highest BCUT2D eigenvalue weighted by Gasteiger charge is 2.38. The van der Waals surface area contributed by atoms with Crippen LogP contribution in [0.2, 0.25) is 0 Å². The number of rotatable bonds is 4. The van der Waals surface area contributed by atoms with Crippen molar-refractivity contribution >= 4 is 11.7 Å². The van der Waals surface area contributed by atoms with Crippen molar-refractivity contribution in [2.75, 3.05) is 13.1 Å². The van der Waals surface area contributed by atoms with Gasteiger partial charge < -0.3 is 10.1 Å². The van der Waals surface area contributed by atoms with Gasteiger partial charge in [0, 0.05) is 23.6 Å². The molecule has 2 atom stereocenters. The maximum absolute atomic E-state index is 12.1. The maximum atomic E-state index is 12.1. The Morgan fingerprint density at radius 1 is 1.55 bits per heavy atom. The number of nitro groups is 1. The summed E-state index contributed by atoms with van der Waals surface area (Å²) in [6, 6.07) is 5.15. The largest absolute Gasteiger partial charge is 0.457 e. The normalized spacial score (nSPS) is 24.1. The minimum absolute atomic E-state index is 0.102. The molecule has 22 heavy (non-hydrogen) atoms. The molecule has 0 amide bonds. The van der Waals surface area contributed by atoms with Gasteiger partial charge in [-0.2, -0.15) is 0 Å². The predicted octanol–water partition coefficient (Wildman–Crippen LogP) is 2.18. The van der Waals surface area contributed by atoms with E-state index in [-0.39, 0.29) is 11.3 Å². The highest BCUT2D eigenvalue weighted by Crippen LogP contribution is 2.26. The quantitative estimate of drug-likeness (QED) is 0.227. The summed E-state index contributed by atoms with van der Waals surface area (Å²) in [5.41, 5.74) is 7.97. The van der Waals surface area contributed by atoms with Gasteiger partial charge in [0.25, 0.3) is 5.69 Å². The molecule has 2 unspecified atom stereocenters. The average Bonchev–Trinajstić information content (AvgIpc) is 2.50. The molecule has 1 aliphatic rings. The van der Waals surface area contributed by atoms with E-state index in [2.05, 4.69) is 15.3 Å². The van der Waals surface area contributed by atoms with Crippen LogP contribution < -0.4 is 5.32 Å². The van der Waals surface area contributed by atoms with Crippen molar-refractivity contribution in [3.05, 3.63) is 50.4 Å². The van der Waals surface area contributed by atoms with Gasteiger partial charge in [0.1, 0.15) is 6.10 Å². The van der Waals surface area contributed by atoms with E-state index in [9.17, 15) is 14.9 Å². The van der Waals surface area contributed by atoms with E-state index in [0.29, 0.717) is 19.5 Å². The summed E-state index contributed by atoms with van der Waals surface area (Å²) >= 11 is 0. The van der Waals surface area contributed by atoms with Crippen LogP contribution >= 0.6 is 0 Å². The summed E-state index contributed by atoms with van der Waals surface area (Å²) in [4.78, 5) is 25.0. The average molecular weight is 305 g/mol. The van der Waals surface area contributed by atoms with Crippen LogP contribution in [0.3, 0.4) is 0 Å². The number of hydrogen-bond donors (Lipinski definition) is 1. The van der Waals surface area contributed by atoms with Gasteiger partial charge in [-0.1, -0.05) is 12.0 Å². The minimum Gasteiger partial charge on any atom is -0.457 e. The first-order chi connectivity index (χ1) is 10.5. The molecule has 1 fully saturated rings. The van der Waals surface area contributed by atoms with Crippen LogP contribution in [0.5, 0.6) is 0 Å². The Balaban J connectivity index is 2.12. The number of esters is 1. The second-order valence-corrected chi connectivity index (χ2v) is 5.20. The van der Waals surface area contributed by atoms with Gasteiger partial charge in [-0.15, -0.1) is 0 Å². The van der Waals surface area contributed by atoms with Crippen LogP contribution in [0, 0.1) is 10.1 Å². The highest BCUT2D eigenvalue weighted by molar-refractivity contribution is 5.89. The lowest BCUT2D eigenvalue weighted by Gasteiger charge is -2.37. The Morgan fingerprint density at radius 2 is 2.23 bits per heavy atom. The number of azide groups is 1. The molecular formula is C13H15N5O4. The smallest absolute Gasteiger partial charge is 0.338 e. The van der Waals surface area contributed by atoms with Crippen LogP contribution in [0.15, 0.2) is 29.4 Å². The Kier molecular flexibility index (Phi) is 4.59. The summed E-state index contributed by atoms with van der Waals surface area (Å²) in [7, 11) is 0. The zero-order chi connectivity index (χ0) is 16.2. The molecule has 1 saturated heterocycles. The SMILES string of the molecule is CC1(N=[N+]=[N-])CCNCC1OC(=O)c1ccc([N+](=O)[O-])cc1. The molecule has 0 aromatic heterocycles. The second-order valence-electron chi connectivity index (χ2n) is 5.20. The Hall–Kier alpha value is -2.64. The van der Waals surface area contributed by atoms with E-state index in [4.69, 9.17) is 10.3 Å². The number of piperidine rings is 1. The first-order valence-electron chi connectivity index (χ1n) is 6.69. The lowest BCUT2D eigenvalue weighted by atomic mass is 9.88. The van der Waals surface area contributed by atoms with Crippen molar-refractivity contribution in [2.45, 2.75) is 25.0 Å². The zero-order valence-corrected chi connectivity index (χ0v) is 11.9. The molecule has 0 bridgehead atoms. The fourth-order valence-electron chi connectivity index (χ4n) is 2.26. The van der Waals surface area contributed by atoms with Crippen molar-refractivity contribution in [3.8, 4) is 0 Å². The molecule has 0 spiro atoms. The van der Waals surface area contributed by atoms with E-state index < -0.39 is 22.5 Å². The fraction of sp³-hybridized carbons (Fsp3) is 0.462. The number of benzene rings is 1. The number of carbonyl (C=O) groups is 1. The monoisotopic (exact) mass is 305 g/mol. The Morgan fingerprint density at radius 3 is 2.82 bits per heavy atom. The van der Waals surface area contributed by atoms with E-state index in [0.717, 1.165) is 0 Å². The van der Waals surface area contributed by atoms with Crippen LogP contribution in [-0.4, -0.2) is 35.6 Å². The van der Waals surface area contributed by atoms with Crippen molar-refractivity contribution < 1.29 is 14.5 Å². The summed E-state index contributed by atoms with van der Waals surface area (Å²) in [6.45, 7) is 2.79. The maximum Gasteiger partial charge on any atom is 0.338 e. The number of nitrogens with zero attached hydrogens (tertiary/aromatic N) is 4. The van der Waals surface area contributed by atoms with Gasteiger partial charge in [-0.25, -0.2) is 4.79 Å². The van der Waals surface area contributed by atoms with Crippen LogP contribution in [0.25, 0.3) is 10.4 Å². The van der Waals surface area contributed by atoms with Crippen LogP contribution in [-0.2, 0) is 4.74 Å². The van der Waals surface area contributed by atoms with Crippen LogP contribution in [0.4, 0.5) is 5.69 Å². The molecule has 0 radical (unpaired) electrons. The third-order valence-corrected chi connectivity index (χ3v) is 3.67. The predicted molar refractivity (Wildman–Crippen MR) is 77.3 cm³/mol. The number of hydrogen-bond acceptors (Lipinski definition) is 6. The highest BCUT2D eigenvalue weighted by atomic mass is 16.6. The van der Waals surface area contributed by atoms with Crippen LogP contribution in [0.1, 0.15) is 23.7 Å². The van der Waals surface area contributed by atoms with E-state index in [1.807, 2.05) is 0 Å². The van der Waals surface area contributed by atoms with E-state index in [1.165, 1.54) is 24.3 Å². The zero-order valence-electron chi connectivity index (χ0n) is 11.9. The number of ether oxygens (including phenoxy) is 1. The van der Waals surface area contributed by atoms with Gasteiger partial charge in [0.2, 0.25) is 0 Å². The van der Waals surface area contributed by atoms with E-state index in [1.54, 1.807) is 6.92 Å². The Bertz CT molecular complexity index is 626. The lowest BCUT2D eigenvalue weighted by Crippen LogP contribution is -2.52. The third kappa shape index (κ3) is 3.33. The van der Waals surface area contributed by atoms with Gasteiger partial charge in [0.05, 0.1) is 16.0 Å². The standard InChI is InChI=1S/C13H15N5O4/c1-13(16-17-14)6-7-15-8-11(13)22-12(19)9-2-4-10(5-3-9)18(20)21/h2-5,11,15H,6-8H2,1H3. The minimum atomic E-state index is -0.809. The molecule has 0 aliphatic carbocycles. The lowest BCUT2D eigenvalue weighted by molar-refractivity contribution is -0.384. The first-order valence-corrected chi connectivity index (χ1v) is 6.69. The first kappa shape index (κ1) is 15.7. The summed E-state index contributed by atoms with van der Waals surface area (Å²) in [6.07, 6.45) is -0.0465. The molecule has 1 aromatic rings. The molecule has 1 aliphatic heterocycles. The fourth-order valence-corrected chi connectivity index (χ4v) is 2.26. The molecule has 1 N–H and O–H groups in total. The molecule has 9 heteroatoms. The van der Waals surface area contributed by atoms with Crippen molar-refractivity contribution in [1.82, 2.24) is 5.32 Å². The third-order valence-electron chi connectivity index (χ3n) is 3.67. The van der Waals surface area contributed by atoms with Gasteiger partial charge >= 0.3 is 5.97 Å². The molecule has 1 aromatic carbocycles. The number of nitrogens with one attached hydrogen (secondary N) is 1. The summed E-state index contributed by atoms with van der Waals surface area (Å²) in [5.74, 6) is -0.608. The molecular weight excluding hydrogens is 290 g/mol. The summed E-state index contributed by atoms with van der Waals surface area (Å²) < 4.78 is 5.41. The molecule has 116 valence electrons.